The molecule has 0 bridgehead atoms. The third-order valence-corrected chi connectivity index (χ3v) is 3.55. The van der Waals surface area contributed by atoms with Crippen molar-refractivity contribution in [2.45, 2.75) is 13.0 Å². The van der Waals surface area contributed by atoms with E-state index in [1.165, 1.54) is 17.7 Å². The number of hydrogen-bond donors (Lipinski definition) is 0. The van der Waals surface area contributed by atoms with Gasteiger partial charge in [0.1, 0.15) is 12.4 Å². The Morgan fingerprint density at radius 3 is 2.89 bits per heavy atom. The van der Waals surface area contributed by atoms with Crippen molar-refractivity contribution in [3.63, 3.8) is 0 Å². The predicted molar refractivity (Wildman–Crippen MR) is 74.6 cm³/mol. The minimum Gasteiger partial charge on any atom is -0.245 e. The van der Waals surface area contributed by atoms with E-state index in [0.29, 0.717) is 5.13 Å². The van der Waals surface area contributed by atoms with E-state index < -0.39 is 0 Å². The van der Waals surface area contributed by atoms with E-state index in [1.807, 2.05) is 37.3 Å². The molecule has 0 fully saturated rings. The Morgan fingerprint density at radius 1 is 1.21 bits per heavy atom. The number of benzene rings is 1. The minimum atomic E-state index is -0.102. The number of hydrogen-bond acceptors (Lipinski definition) is 6. The lowest BCUT2D eigenvalue weighted by atomic mass is 10.2. The molecule has 94 valence electrons. The number of thiazole rings is 1. The van der Waals surface area contributed by atoms with Gasteiger partial charge in [-0.2, -0.15) is 5.11 Å². The van der Waals surface area contributed by atoms with E-state index >= 15 is 0 Å². The highest BCUT2D eigenvalue weighted by molar-refractivity contribution is 7.21. The molecule has 1 unspecified atom stereocenters. The maximum atomic E-state index is 4.40. The van der Waals surface area contributed by atoms with E-state index in [0.717, 1.165) is 15.9 Å². The smallest absolute Gasteiger partial charge is 0.230 e. The first-order valence-corrected chi connectivity index (χ1v) is 6.67. The summed E-state index contributed by atoms with van der Waals surface area (Å²) < 4.78 is 1.12. The van der Waals surface area contributed by atoms with E-state index in [9.17, 15) is 0 Å². The van der Waals surface area contributed by atoms with Crippen LogP contribution >= 0.6 is 11.3 Å². The van der Waals surface area contributed by atoms with Crippen LogP contribution in [0.2, 0.25) is 0 Å². The second-order valence-electron chi connectivity index (χ2n) is 3.99. The number of fused-ring (bicyclic) bond motifs is 1. The van der Waals surface area contributed by atoms with Gasteiger partial charge < -0.3 is 0 Å². The van der Waals surface area contributed by atoms with Crippen molar-refractivity contribution < 1.29 is 0 Å². The third kappa shape index (κ3) is 2.63. The van der Waals surface area contributed by atoms with Crippen molar-refractivity contribution in [1.82, 2.24) is 15.0 Å². The molecular weight excluding hydrogens is 258 g/mol. The highest BCUT2D eigenvalue weighted by Crippen LogP contribution is 2.28. The molecule has 0 saturated carbocycles. The van der Waals surface area contributed by atoms with Crippen molar-refractivity contribution >= 4 is 26.7 Å². The Hall–Kier alpha value is -2.21. The van der Waals surface area contributed by atoms with Gasteiger partial charge in [-0.25, -0.2) is 15.0 Å². The summed E-state index contributed by atoms with van der Waals surface area (Å²) in [4.78, 5) is 12.4. The van der Waals surface area contributed by atoms with Crippen molar-refractivity contribution in [3.8, 4) is 0 Å². The van der Waals surface area contributed by atoms with Gasteiger partial charge in [-0.15, -0.1) is 5.11 Å². The number of azo groups is 1. The lowest BCUT2D eigenvalue weighted by Crippen LogP contribution is -1.92. The van der Waals surface area contributed by atoms with Crippen LogP contribution in [0.4, 0.5) is 5.13 Å². The molecule has 19 heavy (non-hydrogen) atoms. The molecule has 3 aromatic rings. The van der Waals surface area contributed by atoms with Crippen molar-refractivity contribution in [2.24, 2.45) is 10.2 Å². The molecule has 6 heteroatoms. The molecule has 0 amide bonds. The molecule has 0 radical (unpaired) electrons. The van der Waals surface area contributed by atoms with Crippen LogP contribution in [0.5, 0.6) is 0 Å². The van der Waals surface area contributed by atoms with Crippen molar-refractivity contribution in [3.05, 3.63) is 48.5 Å². The Balaban J connectivity index is 1.82. The zero-order valence-corrected chi connectivity index (χ0v) is 11.1. The Labute approximate surface area is 114 Å². The molecule has 0 saturated heterocycles. The van der Waals surface area contributed by atoms with Crippen LogP contribution in [-0.2, 0) is 0 Å². The number of nitrogens with zero attached hydrogens (tertiary/aromatic N) is 5. The van der Waals surface area contributed by atoms with Crippen LogP contribution in [0.3, 0.4) is 0 Å². The van der Waals surface area contributed by atoms with E-state index in [2.05, 4.69) is 25.2 Å². The zero-order chi connectivity index (χ0) is 13.1. The second-order valence-corrected chi connectivity index (χ2v) is 5.00. The van der Waals surface area contributed by atoms with E-state index in [4.69, 9.17) is 0 Å². The second kappa shape index (κ2) is 5.19. The summed E-state index contributed by atoms with van der Waals surface area (Å²) in [6.07, 6.45) is 3.21. The average Bonchev–Trinajstić information content (AvgIpc) is 2.88. The monoisotopic (exact) mass is 269 g/mol. The predicted octanol–water partition coefficient (Wildman–Crippen LogP) is 3.93. The van der Waals surface area contributed by atoms with Gasteiger partial charge in [-0.05, 0) is 25.1 Å². The number of rotatable bonds is 3. The maximum Gasteiger partial charge on any atom is 0.230 e. The van der Waals surface area contributed by atoms with Crippen LogP contribution in [0.15, 0.2) is 53.1 Å². The molecule has 2 aromatic heterocycles. The zero-order valence-electron chi connectivity index (χ0n) is 10.3. The summed E-state index contributed by atoms with van der Waals surface area (Å²) >= 11 is 1.53. The van der Waals surface area contributed by atoms with E-state index in [-0.39, 0.29) is 6.04 Å². The Morgan fingerprint density at radius 2 is 2.11 bits per heavy atom. The molecule has 3 rings (SSSR count). The third-order valence-electron chi connectivity index (χ3n) is 2.63. The standard InChI is InChI=1S/C13H11N5S/c1-9(10-6-7-14-8-15-10)17-18-13-16-11-4-2-3-5-12(11)19-13/h2-9H,1H3. The topological polar surface area (TPSA) is 63.4 Å². The number of aromatic nitrogens is 3. The van der Waals surface area contributed by atoms with Gasteiger partial charge in [0, 0.05) is 6.20 Å². The van der Waals surface area contributed by atoms with Crippen LogP contribution in [-0.4, -0.2) is 15.0 Å². The Kier molecular flexibility index (Phi) is 3.24. The van der Waals surface area contributed by atoms with Crippen molar-refractivity contribution in [1.29, 1.82) is 0 Å². The van der Waals surface area contributed by atoms with Crippen LogP contribution in [0.25, 0.3) is 10.2 Å². The summed E-state index contributed by atoms with van der Waals surface area (Å²) in [6, 6.07) is 9.69. The molecule has 2 heterocycles. The largest absolute Gasteiger partial charge is 0.245 e. The normalized spacial score (nSPS) is 13.1. The van der Waals surface area contributed by atoms with Gasteiger partial charge >= 0.3 is 0 Å². The summed E-state index contributed by atoms with van der Waals surface area (Å²) in [5, 5.41) is 9.10. The van der Waals surface area contributed by atoms with Gasteiger partial charge in [0.05, 0.1) is 15.9 Å². The fourth-order valence-electron chi connectivity index (χ4n) is 1.65. The first kappa shape index (κ1) is 11.9. The quantitative estimate of drug-likeness (QED) is 0.677. The molecule has 0 N–H and O–H groups in total. The van der Waals surface area contributed by atoms with Crippen molar-refractivity contribution in [2.75, 3.05) is 0 Å². The highest BCUT2D eigenvalue weighted by Gasteiger charge is 2.06. The highest BCUT2D eigenvalue weighted by atomic mass is 32.1. The SMILES string of the molecule is CC(N=Nc1nc2ccccc2s1)c1ccncn1. The molecule has 5 nitrogen and oxygen atoms in total. The van der Waals surface area contributed by atoms with Crippen LogP contribution in [0, 0.1) is 0 Å². The Bertz CT molecular complexity index is 674. The summed E-state index contributed by atoms with van der Waals surface area (Å²) in [5.74, 6) is 0. The molecule has 0 spiro atoms. The summed E-state index contributed by atoms with van der Waals surface area (Å²) in [5.41, 5.74) is 1.80. The summed E-state index contributed by atoms with van der Waals surface area (Å²) in [6.45, 7) is 1.94. The molecule has 1 aromatic carbocycles. The first-order chi connectivity index (χ1) is 9.33. The lowest BCUT2D eigenvalue weighted by molar-refractivity contribution is 0.730. The van der Waals surface area contributed by atoms with Gasteiger partial charge in [0.2, 0.25) is 5.13 Å². The van der Waals surface area contributed by atoms with E-state index in [1.54, 1.807) is 6.20 Å². The minimum absolute atomic E-state index is 0.102. The number of para-hydroxylation sites is 1. The fraction of sp³-hybridized carbons (Fsp3) is 0.154. The molecule has 1 atom stereocenters. The van der Waals surface area contributed by atoms with Gasteiger partial charge in [-0.3, -0.25) is 0 Å². The van der Waals surface area contributed by atoms with Gasteiger partial charge in [0.25, 0.3) is 0 Å². The molecule has 0 aliphatic heterocycles. The summed E-state index contributed by atoms with van der Waals surface area (Å²) in [7, 11) is 0. The average molecular weight is 269 g/mol. The van der Waals surface area contributed by atoms with Crippen LogP contribution in [0.1, 0.15) is 18.7 Å². The van der Waals surface area contributed by atoms with Gasteiger partial charge in [-0.1, -0.05) is 23.5 Å². The van der Waals surface area contributed by atoms with Gasteiger partial charge in [0.15, 0.2) is 0 Å². The molecule has 0 aliphatic carbocycles. The maximum absolute atomic E-state index is 4.40. The fourth-order valence-corrected chi connectivity index (χ4v) is 2.44. The molecule has 0 aliphatic rings. The lowest BCUT2D eigenvalue weighted by Gasteiger charge is -2.01. The molecular formula is C13H11N5S. The van der Waals surface area contributed by atoms with Crippen LogP contribution < -0.4 is 0 Å². The first-order valence-electron chi connectivity index (χ1n) is 5.85.